The molecule has 0 atom stereocenters. The summed E-state index contributed by atoms with van der Waals surface area (Å²) in [5, 5.41) is 2.81. The van der Waals surface area contributed by atoms with Gasteiger partial charge >= 0.3 is 12.2 Å². The lowest BCUT2D eigenvalue weighted by Gasteiger charge is -2.30. The molecule has 1 N–H and O–H groups in total. The maximum absolute atomic E-state index is 13.3. The summed E-state index contributed by atoms with van der Waals surface area (Å²) in [4.78, 5) is 43.7. The van der Waals surface area contributed by atoms with Crippen LogP contribution in [0.15, 0.2) is 54.9 Å². The number of hydrogen-bond acceptors (Lipinski definition) is 4. The number of nitrogens with one attached hydrogen (secondary N) is 1. The van der Waals surface area contributed by atoms with Crippen molar-refractivity contribution in [3.8, 4) is 0 Å². The molecule has 1 fully saturated rings. The van der Waals surface area contributed by atoms with Crippen molar-refractivity contribution in [1.29, 1.82) is 0 Å². The molecule has 1 aliphatic carbocycles. The molecule has 1 aliphatic heterocycles. The summed E-state index contributed by atoms with van der Waals surface area (Å²) >= 11 is 0. The number of carbonyl (C=O) groups is 3. The van der Waals surface area contributed by atoms with Crippen LogP contribution in [0.25, 0.3) is 0 Å². The molecule has 0 saturated heterocycles. The van der Waals surface area contributed by atoms with Crippen molar-refractivity contribution in [2.24, 2.45) is 5.92 Å². The van der Waals surface area contributed by atoms with E-state index in [2.05, 4.69) is 10.3 Å². The van der Waals surface area contributed by atoms with Crippen molar-refractivity contribution in [2.75, 3.05) is 18.0 Å². The predicted molar refractivity (Wildman–Crippen MR) is 109 cm³/mol. The molecule has 4 rings (SSSR count). The average molecular weight is 444 g/mol. The van der Waals surface area contributed by atoms with E-state index in [0.29, 0.717) is 22.9 Å². The van der Waals surface area contributed by atoms with Crippen molar-refractivity contribution >= 4 is 23.7 Å². The highest BCUT2D eigenvalue weighted by Crippen LogP contribution is 2.33. The summed E-state index contributed by atoms with van der Waals surface area (Å²) in [7, 11) is 0. The first-order chi connectivity index (χ1) is 15.3. The highest BCUT2D eigenvalue weighted by molar-refractivity contribution is 6.10. The Bertz CT molecular complexity index is 1080. The molecule has 2 aromatic rings. The summed E-state index contributed by atoms with van der Waals surface area (Å²) in [6, 6.07) is 6.40. The number of anilines is 1. The zero-order chi connectivity index (χ0) is 22.9. The van der Waals surface area contributed by atoms with Crippen LogP contribution in [0.4, 0.5) is 23.8 Å². The van der Waals surface area contributed by atoms with Gasteiger partial charge in [0.25, 0.3) is 11.8 Å². The number of benzene rings is 1. The Labute approximate surface area is 181 Å². The molecule has 1 saturated carbocycles. The molecular weight excluding hydrogens is 425 g/mol. The van der Waals surface area contributed by atoms with Gasteiger partial charge in [0.05, 0.1) is 23.2 Å². The number of aromatic nitrogens is 1. The largest absolute Gasteiger partial charge is 0.417 e. The summed E-state index contributed by atoms with van der Waals surface area (Å²) in [5.74, 6) is -0.690. The van der Waals surface area contributed by atoms with Gasteiger partial charge in [-0.3, -0.25) is 19.4 Å². The molecule has 1 aromatic heterocycles. The van der Waals surface area contributed by atoms with Gasteiger partial charge in [-0.2, -0.15) is 13.2 Å². The number of nitrogens with zero attached hydrogens (tertiary/aromatic N) is 3. The van der Waals surface area contributed by atoms with Gasteiger partial charge < -0.3 is 5.32 Å². The number of rotatable bonds is 5. The van der Waals surface area contributed by atoms with Gasteiger partial charge in [0.15, 0.2) is 0 Å². The standard InChI is InChI=1S/C22H19F3N4O3/c23-22(24,25)17-5-2-1-4-16(17)20(31)29-11-3-10-28(21(29)32)18-9-8-15(13-26-18)19(30)27-12-14-6-7-14/h1-5,8-10,13-14H,6-7,11-12H2,(H,27,30). The van der Waals surface area contributed by atoms with Crippen molar-refractivity contribution in [2.45, 2.75) is 19.0 Å². The number of hydrogen-bond donors (Lipinski definition) is 1. The van der Waals surface area contributed by atoms with Crippen molar-refractivity contribution in [1.82, 2.24) is 15.2 Å². The van der Waals surface area contributed by atoms with E-state index in [4.69, 9.17) is 0 Å². The van der Waals surface area contributed by atoms with Crippen molar-refractivity contribution < 1.29 is 27.6 Å². The smallest absolute Gasteiger partial charge is 0.352 e. The zero-order valence-corrected chi connectivity index (χ0v) is 16.8. The van der Waals surface area contributed by atoms with E-state index in [-0.39, 0.29) is 18.3 Å². The van der Waals surface area contributed by atoms with Crippen LogP contribution in [0, 0.1) is 5.92 Å². The van der Waals surface area contributed by atoms with E-state index >= 15 is 0 Å². The summed E-state index contributed by atoms with van der Waals surface area (Å²) in [5.41, 5.74) is -1.41. The molecule has 7 nitrogen and oxygen atoms in total. The second-order valence-corrected chi connectivity index (χ2v) is 7.55. The highest BCUT2D eigenvalue weighted by Gasteiger charge is 2.38. The maximum Gasteiger partial charge on any atom is 0.417 e. The van der Waals surface area contributed by atoms with Crippen molar-refractivity contribution in [3.63, 3.8) is 0 Å². The Morgan fingerprint density at radius 1 is 1.12 bits per heavy atom. The third-order valence-electron chi connectivity index (χ3n) is 5.19. The van der Waals surface area contributed by atoms with Crippen molar-refractivity contribution in [3.05, 3.63) is 71.6 Å². The fraction of sp³-hybridized carbons (Fsp3) is 0.273. The molecule has 1 aromatic carbocycles. The number of halogens is 3. The molecule has 0 bridgehead atoms. The quantitative estimate of drug-likeness (QED) is 0.760. The summed E-state index contributed by atoms with van der Waals surface area (Å²) in [6.45, 7) is 0.423. The summed E-state index contributed by atoms with van der Waals surface area (Å²) in [6.07, 6.45) is 1.62. The fourth-order valence-corrected chi connectivity index (χ4v) is 3.26. The third kappa shape index (κ3) is 4.48. The first kappa shape index (κ1) is 21.5. The Hall–Kier alpha value is -3.69. The van der Waals surface area contributed by atoms with Crippen LogP contribution in [0.1, 0.15) is 39.1 Å². The first-order valence-electron chi connectivity index (χ1n) is 9.98. The lowest BCUT2D eigenvalue weighted by molar-refractivity contribution is -0.138. The van der Waals surface area contributed by atoms with Gasteiger partial charge in [0, 0.05) is 18.9 Å². The van der Waals surface area contributed by atoms with Gasteiger partial charge in [0.2, 0.25) is 0 Å². The Morgan fingerprint density at radius 3 is 2.53 bits per heavy atom. The molecule has 10 heteroatoms. The Balaban J connectivity index is 1.51. The molecule has 166 valence electrons. The van der Waals surface area contributed by atoms with Gasteiger partial charge in [-0.25, -0.2) is 9.78 Å². The van der Waals surface area contributed by atoms with Crippen LogP contribution in [-0.4, -0.2) is 40.8 Å². The number of pyridine rings is 1. The maximum atomic E-state index is 13.3. The minimum Gasteiger partial charge on any atom is -0.352 e. The topological polar surface area (TPSA) is 82.6 Å². The van der Waals surface area contributed by atoms with Gasteiger partial charge in [-0.15, -0.1) is 0 Å². The third-order valence-corrected chi connectivity index (χ3v) is 5.19. The summed E-state index contributed by atoms with van der Waals surface area (Å²) < 4.78 is 39.9. The second kappa shape index (κ2) is 8.45. The van der Waals surface area contributed by atoms with Gasteiger partial charge in [-0.05, 0) is 49.1 Å². The SMILES string of the molecule is O=C(NCC1CC1)c1ccc(N2C=CCN(C(=O)c3ccccc3C(F)(F)F)C2=O)nc1. The van der Waals surface area contributed by atoms with Crippen LogP contribution in [0.5, 0.6) is 0 Å². The number of alkyl halides is 3. The fourth-order valence-electron chi connectivity index (χ4n) is 3.26. The van der Waals surface area contributed by atoms with Crippen LogP contribution in [-0.2, 0) is 6.18 Å². The first-order valence-corrected chi connectivity index (χ1v) is 9.98. The van der Waals surface area contributed by atoms with Gasteiger partial charge in [-0.1, -0.05) is 12.1 Å². The molecule has 2 heterocycles. The zero-order valence-electron chi connectivity index (χ0n) is 16.8. The number of carbonyl (C=O) groups excluding carboxylic acids is 3. The van der Waals surface area contributed by atoms with E-state index in [1.165, 1.54) is 42.7 Å². The number of imide groups is 1. The average Bonchev–Trinajstić information content (AvgIpc) is 3.61. The number of amides is 4. The van der Waals surface area contributed by atoms with Gasteiger partial charge in [0.1, 0.15) is 5.82 Å². The lowest BCUT2D eigenvalue weighted by Crippen LogP contribution is -2.47. The minimum atomic E-state index is -4.74. The molecule has 0 radical (unpaired) electrons. The molecule has 32 heavy (non-hydrogen) atoms. The van der Waals surface area contributed by atoms with E-state index in [1.807, 2.05) is 0 Å². The molecule has 0 spiro atoms. The Morgan fingerprint density at radius 2 is 1.88 bits per heavy atom. The predicted octanol–water partition coefficient (Wildman–Crippen LogP) is 3.84. The minimum absolute atomic E-state index is 0.131. The van der Waals surface area contributed by atoms with E-state index in [0.717, 1.165) is 29.9 Å². The van der Waals surface area contributed by atoms with Crippen LogP contribution in [0.3, 0.4) is 0 Å². The normalized spacial score (nSPS) is 16.3. The molecule has 4 amide bonds. The highest BCUT2D eigenvalue weighted by atomic mass is 19.4. The Kier molecular flexibility index (Phi) is 5.68. The van der Waals surface area contributed by atoms with Crippen LogP contribution < -0.4 is 10.2 Å². The van der Waals surface area contributed by atoms with E-state index in [9.17, 15) is 27.6 Å². The van der Waals surface area contributed by atoms with E-state index in [1.54, 1.807) is 0 Å². The molecule has 0 unspecified atom stereocenters. The molecular formula is C22H19F3N4O3. The number of urea groups is 1. The monoisotopic (exact) mass is 444 g/mol. The van der Waals surface area contributed by atoms with Crippen LogP contribution in [0.2, 0.25) is 0 Å². The second-order valence-electron chi connectivity index (χ2n) is 7.55. The van der Waals surface area contributed by atoms with Crippen LogP contribution >= 0.6 is 0 Å². The lowest BCUT2D eigenvalue weighted by atomic mass is 10.1. The van der Waals surface area contributed by atoms with E-state index < -0.39 is 29.2 Å². The molecule has 2 aliphatic rings.